The van der Waals surface area contributed by atoms with Crippen molar-refractivity contribution in [1.29, 1.82) is 0 Å². The first kappa shape index (κ1) is 11.3. The molecule has 0 atom stereocenters. The summed E-state index contributed by atoms with van der Waals surface area (Å²) in [5.74, 6) is -0.724. The Hall–Kier alpha value is -2.18. The molecule has 0 aromatic carbocycles. The molecule has 0 radical (unpaired) electrons. The van der Waals surface area contributed by atoms with Gasteiger partial charge in [-0.1, -0.05) is 0 Å². The molecule has 7 heteroatoms. The van der Waals surface area contributed by atoms with Gasteiger partial charge in [-0.2, -0.15) is 0 Å². The quantitative estimate of drug-likeness (QED) is 0.605. The van der Waals surface area contributed by atoms with Crippen molar-refractivity contribution in [1.82, 2.24) is 4.98 Å². The van der Waals surface area contributed by atoms with Gasteiger partial charge in [-0.05, 0) is 19.3 Å². The van der Waals surface area contributed by atoms with Gasteiger partial charge in [0.2, 0.25) is 0 Å². The average molecular weight is 237 g/mol. The molecule has 2 N–H and O–H groups in total. The second-order valence-corrected chi connectivity index (χ2v) is 4.02. The number of nitro groups is 1. The molecule has 1 aromatic rings. The SMILES string of the molecule is O=C(O)C1(Nc2cc([N+](=O)[O-])ccn2)CCC1. The van der Waals surface area contributed by atoms with Crippen molar-refractivity contribution in [3.05, 3.63) is 28.4 Å². The van der Waals surface area contributed by atoms with E-state index in [1.807, 2.05) is 0 Å². The predicted molar refractivity (Wildman–Crippen MR) is 58.7 cm³/mol. The highest BCUT2D eigenvalue weighted by Gasteiger charge is 2.44. The average Bonchev–Trinajstić information content (AvgIpc) is 2.23. The van der Waals surface area contributed by atoms with Crippen molar-refractivity contribution >= 4 is 17.5 Å². The van der Waals surface area contributed by atoms with E-state index in [0.29, 0.717) is 12.8 Å². The van der Waals surface area contributed by atoms with E-state index in [4.69, 9.17) is 5.11 Å². The summed E-state index contributed by atoms with van der Waals surface area (Å²) in [7, 11) is 0. The Balaban J connectivity index is 2.21. The Morgan fingerprint density at radius 3 is 2.76 bits per heavy atom. The van der Waals surface area contributed by atoms with Crippen LogP contribution in [0.25, 0.3) is 0 Å². The Kier molecular flexibility index (Phi) is 2.66. The van der Waals surface area contributed by atoms with Crippen LogP contribution in [-0.4, -0.2) is 26.5 Å². The van der Waals surface area contributed by atoms with Crippen LogP contribution in [0.15, 0.2) is 18.3 Å². The number of rotatable bonds is 4. The fourth-order valence-corrected chi connectivity index (χ4v) is 1.77. The third-order valence-electron chi connectivity index (χ3n) is 2.94. The molecule has 1 saturated carbocycles. The molecule has 0 amide bonds. The first-order chi connectivity index (χ1) is 8.03. The number of carbonyl (C=O) groups is 1. The molecule has 1 fully saturated rings. The highest BCUT2D eigenvalue weighted by molar-refractivity contribution is 5.83. The number of aromatic nitrogens is 1. The fourth-order valence-electron chi connectivity index (χ4n) is 1.77. The largest absolute Gasteiger partial charge is 0.480 e. The number of nitrogens with zero attached hydrogens (tertiary/aromatic N) is 2. The number of pyridine rings is 1. The van der Waals surface area contributed by atoms with E-state index in [9.17, 15) is 14.9 Å². The van der Waals surface area contributed by atoms with Crippen molar-refractivity contribution in [3.63, 3.8) is 0 Å². The minimum absolute atomic E-state index is 0.109. The summed E-state index contributed by atoms with van der Waals surface area (Å²) in [4.78, 5) is 25.0. The maximum atomic E-state index is 11.1. The maximum Gasteiger partial charge on any atom is 0.329 e. The van der Waals surface area contributed by atoms with Crippen LogP contribution in [0.2, 0.25) is 0 Å². The molecule has 0 bridgehead atoms. The minimum atomic E-state index is -1.01. The van der Waals surface area contributed by atoms with E-state index in [2.05, 4.69) is 10.3 Å². The normalized spacial score (nSPS) is 16.9. The third kappa shape index (κ3) is 2.03. The van der Waals surface area contributed by atoms with Crippen molar-refractivity contribution in [2.24, 2.45) is 0 Å². The first-order valence-corrected chi connectivity index (χ1v) is 5.15. The van der Waals surface area contributed by atoms with E-state index < -0.39 is 16.4 Å². The van der Waals surface area contributed by atoms with Gasteiger partial charge in [-0.15, -0.1) is 0 Å². The molecular formula is C10H11N3O4. The smallest absolute Gasteiger partial charge is 0.329 e. The van der Waals surface area contributed by atoms with E-state index >= 15 is 0 Å². The number of hydrogen-bond donors (Lipinski definition) is 2. The van der Waals surface area contributed by atoms with E-state index in [-0.39, 0.29) is 11.5 Å². The molecule has 1 aliphatic rings. The van der Waals surface area contributed by atoms with Crippen molar-refractivity contribution in [3.8, 4) is 0 Å². The lowest BCUT2D eigenvalue weighted by Gasteiger charge is -2.38. The lowest BCUT2D eigenvalue weighted by Crippen LogP contribution is -2.52. The zero-order valence-corrected chi connectivity index (χ0v) is 8.92. The molecule has 1 aromatic heterocycles. The van der Waals surface area contributed by atoms with Crippen LogP contribution in [0.1, 0.15) is 19.3 Å². The number of hydrogen-bond acceptors (Lipinski definition) is 5. The summed E-state index contributed by atoms with van der Waals surface area (Å²) < 4.78 is 0. The van der Waals surface area contributed by atoms with Gasteiger partial charge in [0, 0.05) is 12.3 Å². The van der Waals surface area contributed by atoms with E-state index in [0.717, 1.165) is 6.42 Å². The number of carboxylic acid groups (broad SMARTS) is 1. The van der Waals surface area contributed by atoms with Gasteiger partial charge in [-0.3, -0.25) is 10.1 Å². The Labute approximate surface area is 96.6 Å². The van der Waals surface area contributed by atoms with Crippen LogP contribution < -0.4 is 5.32 Å². The molecule has 0 spiro atoms. The van der Waals surface area contributed by atoms with E-state index in [1.54, 1.807) is 0 Å². The van der Waals surface area contributed by atoms with Gasteiger partial charge >= 0.3 is 5.97 Å². The second kappa shape index (κ2) is 4.00. The zero-order valence-electron chi connectivity index (χ0n) is 8.92. The van der Waals surface area contributed by atoms with Gasteiger partial charge in [0.15, 0.2) is 0 Å². The number of nitrogens with one attached hydrogen (secondary N) is 1. The first-order valence-electron chi connectivity index (χ1n) is 5.15. The van der Waals surface area contributed by atoms with Gasteiger partial charge in [0.1, 0.15) is 11.4 Å². The predicted octanol–water partition coefficient (Wildman–Crippen LogP) is 1.41. The third-order valence-corrected chi connectivity index (χ3v) is 2.94. The summed E-state index contributed by atoms with van der Waals surface area (Å²) in [6.45, 7) is 0. The molecule has 0 unspecified atom stereocenters. The Morgan fingerprint density at radius 2 is 2.29 bits per heavy atom. The highest BCUT2D eigenvalue weighted by atomic mass is 16.6. The van der Waals surface area contributed by atoms with Crippen LogP contribution in [-0.2, 0) is 4.79 Å². The zero-order chi connectivity index (χ0) is 12.5. The molecular weight excluding hydrogens is 226 g/mol. The second-order valence-electron chi connectivity index (χ2n) is 4.02. The standard InChI is InChI=1S/C10H11N3O4/c14-9(15)10(3-1-4-10)12-8-6-7(13(16)17)2-5-11-8/h2,5-6H,1,3-4H2,(H,11,12)(H,14,15). The summed E-state index contributed by atoms with van der Waals surface area (Å²) in [5.41, 5.74) is -1.12. The van der Waals surface area contributed by atoms with Crippen LogP contribution in [0, 0.1) is 10.1 Å². The number of aliphatic carboxylic acids is 1. The summed E-state index contributed by atoms with van der Waals surface area (Å²) in [6.07, 6.45) is 3.13. The lowest BCUT2D eigenvalue weighted by atomic mass is 9.77. The highest BCUT2D eigenvalue weighted by Crippen LogP contribution is 2.35. The lowest BCUT2D eigenvalue weighted by molar-refractivity contribution is -0.384. The van der Waals surface area contributed by atoms with Gasteiger partial charge in [0.05, 0.1) is 11.0 Å². The van der Waals surface area contributed by atoms with Crippen molar-refractivity contribution in [2.75, 3.05) is 5.32 Å². The summed E-state index contributed by atoms with van der Waals surface area (Å²) in [6, 6.07) is 2.50. The van der Waals surface area contributed by atoms with Gasteiger partial charge in [-0.25, -0.2) is 9.78 Å². The molecule has 0 aliphatic heterocycles. The van der Waals surface area contributed by atoms with Crippen molar-refractivity contribution < 1.29 is 14.8 Å². The molecule has 90 valence electrons. The minimum Gasteiger partial charge on any atom is -0.480 e. The Morgan fingerprint density at radius 1 is 1.59 bits per heavy atom. The summed E-state index contributed by atoms with van der Waals surface area (Å²) >= 11 is 0. The molecule has 17 heavy (non-hydrogen) atoms. The van der Waals surface area contributed by atoms with Crippen LogP contribution >= 0.6 is 0 Å². The van der Waals surface area contributed by atoms with Crippen LogP contribution in [0.4, 0.5) is 11.5 Å². The topological polar surface area (TPSA) is 105 Å². The Bertz CT molecular complexity index is 470. The van der Waals surface area contributed by atoms with Crippen molar-refractivity contribution in [2.45, 2.75) is 24.8 Å². The molecule has 7 nitrogen and oxygen atoms in total. The molecule has 1 aliphatic carbocycles. The molecule has 2 rings (SSSR count). The van der Waals surface area contributed by atoms with Crippen LogP contribution in [0.5, 0.6) is 0 Å². The van der Waals surface area contributed by atoms with E-state index in [1.165, 1.54) is 18.3 Å². The molecule has 0 saturated heterocycles. The maximum absolute atomic E-state index is 11.1. The number of carboxylic acids is 1. The molecule has 1 heterocycles. The monoisotopic (exact) mass is 237 g/mol. The summed E-state index contributed by atoms with van der Waals surface area (Å²) in [5, 5.41) is 22.4. The van der Waals surface area contributed by atoms with Gasteiger partial charge in [0.25, 0.3) is 5.69 Å². The van der Waals surface area contributed by atoms with Gasteiger partial charge < -0.3 is 10.4 Å². The van der Waals surface area contributed by atoms with Crippen LogP contribution in [0.3, 0.4) is 0 Å². The number of anilines is 1. The fraction of sp³-hybridized carbons (Fsp3) is 0.400.